The third-order valence-electron chi connectivity index (χ3n) is 5.70. The van der Waals surface area contributed by atoms with Gasteiger partial charge in [0.25, 0.3) is 0 Å². The van der Waals surface area contributed by atoms with Crippen LogP contribution in [0.5, 0.6) is 5.75 Å². The molecule has 0 radical (unpaired) electrons. The van der Waals surface area contributed by atoms with Gasteiger partial charge in [0.05, 0.1) is 17.9 Å². The van der Waals surface area contributed by atoms with Crippen molar-refractivity contribution < 1.29 is 22.7 Å². The Kier molecular flexibility index (Phi) is 5.27. The molecule has 0 aromatic heterocycles. The van der Waals surface area contributed by atoms with Crippen LogP contribution in [-0.2, 0) is 25.8 Å². The van der Waals surface area contributed by atoms with E-state index < -0.39 is 15.8 Å². The van der Waals surface area contributed by atoms with E-state index >= 15 is 0 Å². The summed E-state index contributed by atoms with van der Waals surface area (Å²) in [7, 11) is -1.74. The van der Waals surface area contributed by atoms with Crippen molar-refractivity contribution in [3.8, 4) is 5.75 Å². The van der Waals surface area contributed by atoms with Crippen molar-refractivity contribution in [2.24, 2.45) is 5.92 Å². The molecule has 1 fully saturated rings. The third-order valence-corrected chi connectivity index (χ3v) is 6.81. The molecule has 1 atom stereocenters. The summed E-state index contributed by atoms with van der Waals surface area (Å²) in [6.45, 7) is 0.881. The largest absolute Gasteiger partial charge is 0.497 e. The Morgan fingerprint density at radius 2 is 1.97 bits per heavy atom. The standard InChI is InChI=1S/C22H24N2O5S/c1-29-18-7-3-6-17(13-18)24-14-16(12-21(24)25)22(26)23-10-4-5-15-11-19(30(2,27)28)8-9-20(15)23/h3,6-9,11,13,16H,4-5,10,12,14H2,1-2H3. The Bertz CT molecular complexity index is 1110. The summed E-state index contributed by atoms with van der Waals surface area (Å²) >= 11 is 0. The summed E-state index contributed by atoms with van der Waals surface area (Å²) in [5.74, 6) is 0.0269. The zero-order valence-electron chi connectivity index (χ0n) is 17.0. The number of hydrogen-bond donors (Lipinski definition) is 0. The van der Waals surface area contributed by atoms with Crippen molar-refractivity contribution in [1.29, 1.82) is 0 Å². The second-order valence-corrected chi connectivity index (χ2v) is 9.78. The lowest BCUT2D eigenvalue weighted by Gasteiger charge is -2.31. The Morgan fingerprint density at radius 3 is 2.70 bits per heavy atom. The number of nitrogens with zero attached hydrogens (tertiary/aromatic N) is 2. The number of benzene rings is 2. The van der Waals surface area contributed by atoms with Gasteiger partial charge in [0.15, 0.2) is 9.84 Å². The molecule has 0 bridgehead atoms. The fourth-order valence-electron chi connectivity index (χ4n) is 4.15. The minimum Gasteiger partial charge on any atom is -0.497 e. The molecule has 0 N–H and O–H groups in total. The molecule has 2 aliphatic heterocycles. The summed E-state index contributed by atoms with van der Waals surface area (Å²) in [5.41, 5.74) is 2.31. The lowest BCUT2D eigenvalue weighted by Crippen LogP contribution is -2.40. The van der Waals surface area contributed by atoms with Crippen LogP contribution in [0.25, 0.3) is 0 Å². The van der Waals surface area contributed by atoms with E-state index in [4.69, 9.17) is 4.74 Å². The molecule has 0 aliphatic carbocycles. The van der Waals surface area contributed by atoms with Crippen LogP contribution in [-0.4, -0.2) is 46.7 Å². The number of sulfone groups is 1. The maximum Gasteiger partial charge on any atom is 0.232 e. The Labute approximate surface area is 176 Å². The van der Waals surface area contributed by atoms with E-state index in [1.165, 1.54) is 6.26 Å². The van der Waals surface area contributed by atoms with E-state index in [-0.39, 0.29) is 23.1 Å². The summed E-state index contributed by atoms with van der Waals surface area (Å²) in [5, 5.41) is 0. The van der Waals surface area contributed by atoms with E-state index in [9.17, 15) is 18.0 Å². The zero-order valence-corrected chi connectivity index (χ0v) is 17.8. The van der Waals surface area contributed by atoms with E-state index in [0.29, 0.717) is 24.5 Å². The molecule has 2 aromatic carbocycles. The molecular formula is C22H24N2O5S. The molecule has 0 saturated carbocycles. The Hall–Kier alpha value is -2.87. The molecule has 2 amide bonds. The van der Waals surface area contributed by atoms with Crippen LogP contribution in [0.1, 0.15) is 18.4 Å². The van der Waals surface area contributed by atoms with Crippen molar-refractivity contribution in [3.05, 3.63) is 48.0 Å². The number of ether oxygens (including phenoxy) is 1. The van der Waals surface area contributed by atoms with Gasteiger partial charge in [0.2, 0.25) is 11.8 Å². The number of fused-ring (bicyclic) bond motifs is 1. The van der Waals surface area contributed by atoms with Crippen LogP contribution < -0.4 is 14.5 Å². The van der Waals surface area contributed by atoms with Crippen molar-refractivity contribution in [3.63, 3.8) is 0 Å². The molecule has 0 spiro atoms. The highest BCUT2D eigenvalue weighted by molar-refractivity contribution is 7.90. The monoisotopic (exact) mass is 428 g/mol. The van der Waals surface area contributed by atoms with Crippen molar-refractivity contribution in [2.75, 3.05) is 36.3 Å². The minimum atomic E-state index is -3.31. The lowest BCUT2D eigenvalue weighted by molar-refractivity contribution is -0.124. The van der Waals surface area contributed by atoms with E-state index in [0.717, 1.165) is 24.1 Å². The molecule has 1 saturated heterocycles. The van der Waals surface area contributed by atoms with Crippen LogP contribution in [0.2, 0.25) is 0 Å². The molecule has 30 heavy (non-hydrogen) atoms. The van der Waals surface area contributed by atoms with Crippen molar-refractivity contribution >= 4 is 33.0 Å². The van der Waals surface area contributed by atoms with Gasteiger partial charge in [-0.3, -0.25) is 9.59 Å². The average Bonchev–Trinajstić information content (AvgIpc) is 3.13. The third kappa shape index (κ3) is 3.79. The number of carbonyl (C=O) groups excluding carboxylic acids is 2. The van der Waals surface area contributed by atoms with Gasteiger partial charge in [0, 0.05) is 43.2 Å². The molecule has 2 aromatic rings. The summed E-state index contributed by atoms with van der Waals surface area (Å²) in [6, 6.07) is 12.1. The van der Waals surface area contributed by atoms with E-state index in [1.54, 1.807) is 41.2 Å². The molecule has 8 heteroatoms. The van der Waals surface area contributed by atoms with Crippen LogP contribution in [0, 0.1) is 5.92 Å². The topological polar surface area (TPSA) is 84.0 Å². The van der Waals surface area contributed by atoms with Crippen LogP contribution >= 0.6 is 0 Å². The van der Waals surface area contributed by atoms with Crippen LogP contribution in [0.3, 0.4) is 0 Å². The van der Waals surface area contributed by atoms with Gasteiger partial charge in [-0.1, -0.05) is 6.07 Å². The SMILES string of the molecule is COc1cccc(N2CC(C(=O)N3CCCc4cc(S(C)(=O)=O)ccc43)CC2=O)c1. The fraction of sp³-hybridized carbons (Fsp3) is 0.364. The number of methoxy groups -OCH3 is 1. The van der Waals surface area contributed by atoms with Crippen LogP contribution in [0.4, 0.5) is 11.4 Å². The first-order valence-corrected chi connectivity index (χ1v) is 11.8. The number of hydrogen-bond acceptors (Lipinski definition) is 5. The first-order valence-electron chi connectivity index (χ1n) is 9.86. The van der Waals surface area contributed by atoms with E-state index in [2.05, 4.69) is 0 Å². The summed E-state index contributed by atoms with van der Waals surface area (Å²) in [4.78, 5) is 29.5. The summed E-state index contributed by atoms with van der Waals surface area (Å²) < 4.78 is 29.0. The minimum absolute atomic E-state index is 0.0914. The van der Waals surface area contributed by atoms with E-state index in [1.807, 2.05) is 18.2 Å². The highest BCUT2D eigenvalue weighted by Crippen LogP contribution is 2.34. The van der Waals surface area contributed by atoms with Crippen molar-refractivity contribution in [2.45, 2.75) is 24.2 Å². The predicted octanol–water partition coefficient (Wildman–Crippen LogP) is 2.43. The van der Waals surface area contributed by atoms with Gasteiger partial charge in [-0.25, -0.2) is 8.42 Å². The first-order chi connectivity index (χ1) is 14.3. The maximum absolute atomic E-state index is 13.3. The van der Waals surface area contributed by atoms with Gasteiger partial charge >= 0.3 is 0 Å². The van der Waals surface area contributed by atoms with Crippen molar-refractivity contribution in [1.82, 2.24) is 0 Å². The number of rotatable bonds is 4. The first kappa shape index (κ1) is 20.4. The summed E-state index contributed by atoms with van der Waals surface area (Å²) in [6.07, 6.45) is 2.81. The lowest BCUT2D eigenvalue weighted by atomic mass is 9.99. The molecule has 4 rings (SSSR count). The molecule has 1 unspecified atom stereocenters. The highest BCUT2D eigenvalue weighted by atomic mass is 32.2. The molecule has 2 heterocycles. The van der Waals surface area contributed by atoms with Gasteiger partial charge in [-0.05, 0) is 48.7 Å². The number of aryl methyl sites for hydroxylation is 1. The van der Waals surface area contributed by atoms with Gasteiger partial charge < -0.3 is 14.5 Å². The molecule has 7 nitrogen and oxygen atoms in total. The Balaban J connectivity index is 1.57. The number of carbonyl (C=O) groups is 2. The van der Waals surface area contributed by atoms with Crippen LogP contribution in [0.15, 0.2) is 47.4 Å². The normalized spacial score (nSPS) is 19.0. The second-order valence-electron chi connectivity index (χ2n) is 7.76. The predicted molar refractivity (Wildman–Crippen MR) is 114 cm³/mol. The second kappa shape index (κ2) is 7.75. The quantitative estimate of drug-likeness (QED) is 0.747. The number of anilines is 2. The average molecular weight is 429 g/mol. The zero-order chi connectivity index (χ0) is 21.5. The molecular weight excluding hydrogens is 404 g/mol. The van der Waals surface area contributed by atoms with Gasteiger partial charge in [-0.15, -0.1) is 0 Å². The highest BCUT2D eigenvalue weighted by Gasteiger charge is 2.38. The van der Waals surface area contributed by atoms with Gasteiger partial charge in [-0.2, -0.15) is 0 Å². The smallest absolute Gasteiger partial charge is 0.232 e. The molecule has 158 valence electrons. The maximum atomic E-state index is 13.3. The fourth-order valence-corrected chi connectivity index (χ4v) is 4.83. The van der Waals surface area contributed by atoms with Gasteiger partial charge in [0.1, 0.15) is 5.75 Å². The molecule has 2 aliphatic rings. The number of amides is 2. The Morgan fingerprint density at radius 1 is 1.17 bits per heavy atom.